The fourth-order valence-electron chi connectivity index (χ4n) is 4.11. The van der Waals surface area contributed by atoms with E-state index in [1.165, 1.54) is 6.26 Å². The number of hydrogen-bond donors (Lipinski definition) is 1. The van der Waals surface area contributed by atoms with Crippen LogP contribution in [-0.4, -0.2) is 53.2 Å². The summed E-state index contributed by atoms with van der Waals surface area (Å²) in [6.45, 7) is 2.11. The molecule has 152 valence electrons. The molecule has 2 aliphatic heterocycles. The monoisotopic (exact) mass is 395 g/mol. The second-order valence-electron chi connectivity index (χ2n) is 7.58. The average molecular weight is 395 g/mol. The van der Waals surface area contributed by atoms with Crippen molar-refractivity contribution in [2.24, 2.45) is 0 Å². The molecule has 29 heavy (non-hydrogen) atoms. The SMILES string of the molecule is O=C(Nc1cccc(C(=O)N2CCC(N3CCCCC3=O)CC2)c1)c1ccco1. The highest BCUT2D eigenvalue weighted by Crippen LogP contribution is 2.23. The lowest BCUT2D eigenvalue weighted by molar-refractivity contribution is -0.136. The Morgan fingerprint density at radius 1 is 1.03 bits per heavy atom. The normalized spacial score (nSPS) is 18.0. The number of benzene rings is 1. The number of carbonyl (C=O) groups is 3. The van der Waals surface area contributed by atoms with E-state index in [4.69, 9.17) is 4.42 Å². The summed E-state index contributed by atoms with van der Waals surface area (Å²) in [6.07, 6.45) is 5.77. The van der Waals surface area contributed by atoms with Crippen molar-refractivity contribution < 1.29 is 18.8 Å². The third-order valence-corrected chi connectivity index (χ3v) is 5.66. The summed E-state index contributed by atoms with van der Waals surface area (Å²) in [5.41, 5.74) is 1.08. The summed E-state index contributed by atoms with van der Waals surface area (Å²) in [7, 11) is 0. The van der Waals surface area contributed by atoms with Gasteiger partial charge in [0.05, 0.1) is 6.26 Å². The van der Waals surface area contributed by atoms with Crippen LogP contribution in [0.3, 0.4) is 0 Å². The Kier molecular flexibility index (Phi) is 5.64. The van der Waals surface area contributed by atoms with Crippen LogP contribution in [0.15, 0.2) is 47.1 Å². The van der Waals surface area contributed by atoms with Crippen molar-refractivity contribution in [2.75, 3.05) is 25.0 Å². The van der Waals surface area contributed by atoms with Gasteiger partial charge in [0.25, 0.3) is 11.8 Å². The highest BCUT2D eigenvalue weighted by atomic mass is 16.3. The van der Waals surface area contributed by atoms with E-state index in [2.05, 4.69) is 5.32 Å². The first-order valence-corrected chi connectivity index (χ1v) is 10.2. The molecule has 1 aromatic carbocycles. The van der Waals surface area contributed by atoms with E-state index in [1.54, 1.807) is 36.4 Å². The Morgan fingerprint density at radius 2 is 1.86 bits per heavy atom. The molecule has 1 N–H and O–H groups in total. The lowest BCUT2D eigenvalue weighted by atomic mass is 9.99. The number of nitrogens with zero attached hydrogens (tertiary/aromatic N) is 2. The molecule has 3 amide bonds. The summed E-state index contributed by atoms with van der Waals surface area (Å²) in [5.74, 6) is 0.0613. The summed E-state index contributed by atoms with van der Waals surface area (Å²) >= 11 is 0. The number of piperidine rings is 2. The molecule has 4 rings (SSSR count). The maximum atomic E-state index is 12.9. The molecule has 0 unspecified atom stereocenters. The molecule has 0 aliphatic carbocycles. The fourth-order valence-corrected chi connectivity index (χ4v) is 4.11. The Hall–Kier alpha value is -3.09. The van der Waals surface area contributed by atoms with Gasteiger partial charge >= 0.3 is 0 Å². The third-order valence-electron chi connectivity index (χ3n) is 5.66. The number of nitrogens with one attached hydrogen (secondary N) is 1. The number of likely N-dealkylation sites (tertiary alicyclic amines) is 2. The van der Waals surface area contributed by atoms with Gasteiger partial charge in [-0.2, -0.15) is 0 Å². The maximum absolute atomic E-state index is 12.9. The smallest absolute Gasteiger partial charge is 0.291 e. The molecule has 0 spiro atoms. The van der Waals surface area contributed by atoms with Crippen LogP contribution in [0.2, 0.25) is 0 Å². The zero-order valence-corrected chi connectivity index (χ0v) is 16.3. The molecule has 7 nitrogen and oxygen atoms in total. The Balaban J connectivity index is 1.36. The van der Waals surface area contributed by atoms with Gasteiger partial charge in [0.2, 0.25) is 5.91 Å². The van der Waals surface area contributed by atoms with Gasteiger partial charge in [0, 0.05) is 43.3 Å². The zero-order valence-electron chi connectivity index (χ0n) is 16.3. The van der Waals surface area contributed by atoms with Crippen molar-refractivity contribution in [3.63, 3.8) is 0 Å². The number of furan rings is 1. The quantitative estimate of drug-likeness (QED) is 0.862. The van der Waals surface area contributed by atoms with E-state index in [1.807, 2.05) is 9.80 Å². The van der Waals surface area contributed by atoms with E-state index in [0.717, 1.165) is 32.2 Å². The molecule has 3 heterocycles. The topological polar surface area (TPSA) is 82.9 Å². The molecule has 0 radical (unpaired) electrons. The van der Waals surface area contributed by atoms with Crippen molar-refractivity contribution in [2.45, 2.75) is 38.1 Å². The first-order valence-electron chi connectivity index (χ1n) is 10.2. The predicted octanol–water partition coefficient (Wildman–Crippen LogP) is 3.15. The summed E-state index contributed by atoms with van der Waals surface area (Å²) in [6, 6.07) is 10.4. The summed E-state index contributed by atoms with van der Waals surface area (Å²) in [4.78, 5) is 41.1. The molecule has 2 fully saturated rings. The van der Waals surface area contributed by atoms with Gasteiger partial charge in [0.1, 0.15) is 0 Å². The Bertz CT molecular complexity index is 885. The van der Waals surface area contributed by atoms with Crippen LogP contribution in [-0.2, 0) is 4.79 Å². The number of amides is 3. The van der Waals surface area contributed by atoms with Crippen LogP contribution in [0, 0.1) is 0 Å². The second-order valence-corrected chi connectivity index (χ2v) is 7.58. The molecule has 2 saturated heterocycles. The maximum Gasteiger partial charge on any atom is 0.291 e. The van der Waals surface area contributed by atoms with Gasteiger partial charge in [0.15, 0.2) is 5.76 Å². The van der Waals surface area contributed by atoms with Gasteiger partial charge < -0.3 is 19.5 Å². The van der Waals surface area contributed by atoms with Gasteiger partial charge in [-0.3, -0.25) is 14.4 Å². The van der Waals surface area contributed by atoms with Crippen molar-refractivity contribution in [3.05, 3.63) is 54.0 Å². The van der Waals surface area contributed by atoms with Crippen LogP contribution >= 0.6 is 0 Å². The highest BCUT2D eigenvalue weighted by molar-refractivity contribution is 6.03. The minimum absolute atomic E-state index is 0.0532. The lowest BCUT2D eigenvalue weighted by Gasteiger charge is -2.40. The average Bonchev–Trinajstić information content (AvgIpc) is 3.29. The van der Waals surface area contributed by atoms with Crippen LogP contribution < -0.4 is 5.32 Å². The van der Waals surface area contributed by atoms with Crippen molar-refractivity contribution in [1.29, 1.82) is 0 Å². The van der Waals surface area contributed by atoms with Crippen molar-refractivity contribution in [1.82, 2.24) is 9.80 Å². The zero-order chi connectivity index (χ0) is 20.2. The largest absolute Gasteiger partial charge is 0.459 e. The molecule has 0 atom stereocenters. The van der Waals surface area contributed by atoms with Gasteiger partial charge in [-0.1, -0.05) is 6.07 Å². The summed E-state index contributed by atoms with van der Waals surface area (Å²) in [5, 5.41) is 2.75. The second kappa shape index (κ2) is 8.51. The lowest BCUT2D eigenvalue weighted by Crippen LogP contribution is -2.50. The van der Waals surface area contributed by atoms with E-state index in [9.17, 15) is 14.4 Å². The van der Waals surface area contributed by atoms with Crippen molar-refractivity contribution >= 4 is 23.4 Å². The molecule has 0 saturated carbocycles. The molecule has 7 heteroatoms. The molecular weight excluding hydrogens is 370 g/mol. The van der Waals surface area contributed by atoms with Gasteiger partial charge in [-0.05, 0) is 56.0 Å². The third kappa shape index (κ3) is 4.34. The number of rotatable bonds is 4. The summed E-state index contributed by atoms with van der Waals surface area (Å²) < 4.78 is 5.09. The highest BCUT2D eigenvalue weighted by Gasteiger charge is 2.31. The van der Waals surface area contributed by atoms with Crippen LogP contribution in [0.25, 0.3) is 0 Å². The molecule has 2 aromatic rings. The van der Waals surface area contributed by atoms with Gasteiger partial charge in [-0.25, -0.2) is 0 Å². The Labute approximate surface area is 169 Å². The van der Waals surface area contributed by atoms with Crippen LogP contribution in [0.4, 0.5) is 5.69 Å². The molecule has 0 bridgehead atoms. The van der Waals surface area contributed by atoms with Crippen molar-refractivity contribution in [3.8, 4) is 0 Å². The first-order chi connectivity index (χ1) is 14.1. The number of anilines is 1. The van der Waals surface area contributed by atoms with Crippen LogP contribution in [0.1, 0.15) is 53.0 Å². The molecular formula is C22H25N3O4. The predicted molar refractivity (Wildman–Crippen MR) is 108 cm³/mol. The van der Waals surface area contributed by atoms with E-state index in [-0.39, 0.29) is 29.5 Å². The van der Waals surface area contributed by atoms with Gasteiger partial charge in [-0.15, -0.1) is 0 Å². The molecule has 2 aliphatic rings. The first kappa shape index (κ1) is 19.2. The minimum atomic E-state index is -0.355. The van der Waals surface area contributed by atoms with E-state index >= 15 is 0 Å². The number of carbonyl (C=O) groups excluding carboxylic acids is 3. The van der Waals surface area contributed by atoms with E-state index < -0.39 is 0 Å². The number of hydrogen-bond acceptors (Lipinski definition) is 4. The van der Waals surface area contributed by atoms with Crippen LogP contribution in [0.5, 0.6) is 0 Å². The minimum Gasteiger partial charge on any atom is -0.459 e. The molecule has 1 aromatic heterocycles. The Morgan fingerprint density at radius 3 is 2.59 bits per heavy atom. The fraction of sp³-hybridized carbons (Fsp3) is 0.409. The standard InChI is InChI=1S/C22H25N3O4/c26-20-8-1-2-11-25(20)18-9-12-24(13-10-18)22(28)16-5-3-6-17(15-16)23-21(27)19-7-4-14-29-19/h3-7,14-15,18H,1-2,8-13H2,(H,23,27). The van der Waals surface area contributed by atoms with E-state index in [0.29, 0.717) is 30.8 Å².